The maximum Gasteiger partial charge on any atom is 0.0981 e. The van der Waals surface area contributed by atoms with Crippen LogP contribution in [0.2, 0.25) is 0 Å². The second-order valence-corrected chi connectivity index (χ2v) is 5.18. The maximum absolute atomic E-state index is 9.84. The van der Waals surface area contributed by atoms with Gasteiger partial charge in [0.1, 0.15) is 0 Å². The molecule has 0 aromatic rings. The first kappa shape index (κ1) is 16.3. The van der Waals surface area contributed by atoms with Crippen molar-refractivity contribution in [2.75, 3.05) is 0 Å². The Morgan fingerprint density at radius 1 is 1.53 bits per heavy atom. The molecule has 0 spiro atoms. The number of terminal acetylenes is 1. The molecule has 1 rings (SSSR count). The van der Waals surface area contributed by atoms with E-state index in [1.54, 1.807) is 24.3 Å². The molecule has 1 aliphatic rings. The third-order valence-electron chi connectivity index (χ3n) is 3.12. The Kier molecular flexibility index (Phi) is 7.19. The monoisotopic (exact) mass is 284 g/mol. The van der Waals surface area contributed by atoms with Crippen molar-refractivity contribution in [3.05, 3.63) is 24.3 Å². The molecule has 1 aliphatic heterocycles. The fraction of sp³-hybridized carbons (Fsp3) is 0.600. The van der Waals surface area contributed by atoms with Crippen molar-refractivity contribution in [1.29, 1.82) is 0 Å². The average Bonchev–Trinajstić information content (AvgIpc) is 2.39. The lowest BCUT2D eigenvalue weighted by Gasteiger charge is -2.30. The van der Waals surface area contributed by atoms with Gasteiger partial charge in [-0.15, -0.1) is 18.0 Å². The minimum absolute atomic E-state index is 0.0926. The molecule has 0 amide bonds. The van der Waals surface area contributed by atoms with Crippen molar-refractivity contribution in [3.8, 4) is 12.3 Å². The summed E-state index contributed by atoms with van der Waals surface area (Å²) in [5, 5.41) is 19.3. The van der Waals surface area contributed by atoms with E-state index in [1.807, 2.05) is 6.92 Å². The molecule has 0 saturated heterocycles. The standard InChI is InChI=1S/C15H21ClO3/c1-3-5-6-7-12(16)15-10-14(18)13(17)9-8-11(4-2)19-15/h1,5-6,8-9,11-15,17-18H,4,7,10H2,2H3/b6-5+,9-8-/t11-,12?,13?,14?,15-/m1/s1. The average molecular weight is 285 g/mol. The first-order valence-corrected chi connectivity index (χ1v) is 6.97. The number of rotatable bonds is 4. The van der Waals surface area contributed by atoms with Crippen LogP contribution < -0.4 is 0 Å². The van der Waals surface area contributed by atoms with Gasteiger partial charge in [-0.3, -0.25) is 0 Å². The van der Waals surface area contributed by atoms with E-state index in [0.29, 0.717) is 12.8 Å². The van der Waals surface area contributed by atoms with E-state index in [-0.39, 0.29) is 17.6 Å². The van der Waals surface area contributed by atoms with E-state index in [0.717, 1.165) is 6.42 Å². The van der Waals surface area contributed by atoms with Crippen LogP contribution in [0.25, 0.3) is 0 Å². The molecule has 0 bridgehead atoms. The van der Waals surface area contributed by atoms with Gasteiger partial charge in [0.2, 0.25) is 0 Å². The van der Waals surface area contributed by atoms with Gasteiger partial charge in [-0.2, -0.15) is 0 Å². The summed E-state index contributed by atoms with van der Waals surface area (Å²) in [7, 11) is 0. The van der Waals surface area contributed by atoms with Crippen LogP contribution in [0.5, 0.6) is 0 Å². The zero-order valence-electron chi connectivity index (χ0n) is 11.1. The second-order valence-electron chi connectivity index (χ2n) is 4.62. The Hall–Kier alpha value is -0.790. The highest BCUT2D eigenvalue weighted by atomic mass is 35.5. The van der Waals surface area contributed by atoms with Crippen LogP contribution in [0.3, 0.4) is 0 Å². The fourth-order valence-corrected chi connectivity index (χ4v) is 2.22. The number of aliphatic hydroxyl groups excluding tert-OH is 2. The summed E-state index contributed by atoms with van der Waals surface area (Å²) in [6, 6.07) is 0. The Morgan fingerprint density at radius 2 is 2.26 bits per heavy atom. The summed E-state index contributed by atoms with van der Waals surface area (Å²) >= 11 is 6.29. The van der Waals surface area contributed by atoms with Crippen LogP contribution in [-0.2, 0) is 4.74 Å². The number of hydrogen-bond acceptors (Lipinski definition) is 3. The van der Waals surface area contributed by atoms with Crippen LogP contribution in [0, 0.1) is 12.3 Å². The largest absolute Gasteiger partial charge is 0.390 e. The lowest BCUT2D eigenvalue weighted by molar-refractivity contribution is -0.0482. The van der Waals surface area contributed by atoms with Crippen molar-refractivity contribution >= 4 is 11.6 Å². The fourth-order valence-electron chi connectivity index (χ4n) is 1.95. The highest BCUT2D eigenvalue weighted by molar-refractivity contribution is 6.21. The van der Waals surface area contributed by atoms with Gasteiger partial charge in [0.15, 0.2) is 0 Å². The molecular weight excluding hydrogens is 264 g/mol. The van der Waals surface area contributed by atoms with Gasteiger partial charge >= 0.3 is 0 Å². The molecule has 0 fully saturated rings. The van der Waals surface area contributed by atoms with Crippen molar-refractivity contribution in [2.45, 2.75) is 56.0 Å². The summed E-state index contributed by atoms with van der Waals surface area (Å²) in [6.07, 6.45) is 11.4. The SMILES string of the molecule is C#C/C=C/CC(Cl)[C@H]1CC(O)C(O)/C=C\[C@@H](CC)O1. The third-order valence-corrected chi connectivity index (χ3v) is 3.58. The van der Waals surface area contributed by atoms with Crippen LogP contribution in [0.15, 0.2) is 24.3 Å². The molecule has 0 aliphatic carbocycles. The minimum atomic E-state index is -0.870. The summed E-state index contributed by atoms with van der Waals surface area (Å²) in [6.45, 7) is 2.00. The minimum Gasteiger partial charge on any atom is -0.390 e. The van der Waals surface area contributed by atoms with Crippen LogP contribution in [0.1, 0.15) is 26.2 Å². The highest BCUT2D eigenvalue weighted by Gasteiger charge is 2.29. The normalized spacial score (nSPS) is 35.3. The lowest BCUT2D eigenvalue weighted by atomic mass is 9.99. The number of aliphatic hydroxyl groups is 2. The highest BCUT2D eigenvalue weighted by Crippen LogP contribution is 2.23. The smallest absolute Gasteiger partial charge is 0.0981 e. The van der Waals surface area contributed by atoms with Crippen LogP contribution in [0.4, 0.5) is 0 Å². The Balaban J connectivity index is 2.71. The number of ether oxygens (including phenoxy) is 1. The number of hydrogen-bond donors (Lipinski definition) is 2. The molecule has 0 saturated carbocycles. The van der Waals surface area contributed by atoms with Crippen molar-refractivity contribution in [3.63, 3.8) is 0 Å². The molecule has 2 N–H and O–H groups in total. The summed E-state index contributed by atoms with van der Waals surface area (Å²) in [5.74, 6) is 2.40. The number of halogens is 1. The van der Waals surface area contributed by atoms with Crippen molar-refractivity contribution in [2.24, 2.45) is 0 Å². The van der Waals surface area contributed by atoms with Gasteiger partial charge in [-0.25, -0.2) is 0 Å². The van der Waals surface area contributed by atoms with Gasteiger partial charge in [-0.05, 0) is 18.9 Å². The van der Waals surface area contributed by atoms with E-state index in [9.17, 15) is 10.2 Å². The van der Waals surface area contributed by atoms with Gasteiger partial charge in [0.05, 0.1) is 29.8 Å². The maximum atomic E-state index is 9.84. The van der Waals surface area contributed by atoms with E-state index >= 15 is 0 Å². The van der Waals surface area contributed by atoms with Crippen LogP contribution in [-0.4, -0.2) is 40.0 Å². The predicted octanol–water partition coefficient (Wildman–Crippen LogP) is 2.02. The summed E-state index contributed by atoms with van der Waals surface area (Å²) in [4.78, 5) is 0. The second kappa shape index (κ2) is 8.39. The third kappa shape index (κ3) is 5.38. The number of alkyl halides is 1. The molecule has 1 heterocycles. The van der Waals surface area contributed by atoms with E-state index in [4.69, 9.17) is 22.8 Å². The molecule has 19 heavy (non-hydrogen) atoms. The molecule has 0 radical (unpaired) electrons. The zero-order valence-corrected chi connectivity index (χ0v) is 11.8. The first-order chi connectivity index (χ1) is 9.08. The Bertz CT molecular complexity index is 359. The number of allylic oxidation sites excluding steroid dienone is 2. The van der Waals surface area contributed by atoms with E-state index < -0.39 is 12.2 Å². The molecule has 5 atom stereocenters. The van der Waals surface area contributed by atoms with Crippen LogP contribution >= 0.6 is 11.6 Å². The Labute approximate surface area is 119 Å². The molecule has 0 aromatic carbocycles. The van der Waals surface area contributed by atoms with Crippen molar-refractivity contribution in [1.82, 2.24) is 0 Å². The van der Waals surface area contributed by atoms with Crippen molar-refractivity contribution < 1.29 is 14.9 Å². The van der Waals surface area contributed by atoms with Gasteiger partial charge in [-0.1, -0.05) is 31.1 Å². The van der Waals surface area contributed by atoms with Gasteiger partial charge < -0.3 is 14.9 Å². The van der Waals surface area contributed by atoms with Gasteiger partial charge in [0, 0.05) is 6.42 Å². The molecule has 4 heteroatoms. The predicted molar refractivity (Wildman–Crippen MR) is 77.0 cm³/mol. The van der Waals surface area contributed by atoms with E-state index in [2.05, 4.69) is 5.92 Å². The summed E-state index contributed by atoms with van der Waals surface area (Å²) in [5.41, 5.74) is 0. The molecule has 3 nitrogen and oxygen atoms in total. The first-order valence-electron chi connectivity index (χ1n) is 6.53. The zero-order chi connectivity index (χ0) is 14.3. The van der Waals surface area contributed by atoms with E-state index in [1.165, 1.54) is 0 Å². The topological polar surface area (TPSA) is 49.7 Å². The Morgan fingerprint density at radius 3 is 2.89 bits per heavy atom. The molecule has 0 aromatic heterocycles. The molecule has 106 valence electrons. The summed E-state index contributed by atoms with van der Waals surface area (Å²) < 4.78 is 5.88. The van der Waals surface area contributed by atoms with Gasteiger partial charge in [0.25, 0.3) is 0 Å². The molecule has 3 unspecified atom stereocenters. The quantitative estimate of drug-likeness (QED) is 0.472. The lowest BCUT2D eigenvalue weighted by Crippen LogP contribution is -2.38. The molecular formula is C15H21ClO3.